The van der Waals surface area contributed by atoms with E-state index in [1.807, 2.05) is 0 Å². The van der Waals surface area contributed by atoms with E-state index in [-0.39, 0.29) is 29.9 Å². The lowest BCUT2D eigenvalue weighted by atomic mass is 9.77. The second-order valence-corrected chi connectivity index (χ2v) is 7.04. The highest BCUT2D eigenvalue weighted by Crippen LogP contribution is 2.37. The molecule has 0 aromatic heterocycles. The predicted molar refractivity (Wildman–Crippen MR) is 89.0 cm³/mol. The molecule has 3 N–H and O–H groups in total. The molecule has 1 aromatic carbocycles. The summed E-state index contributed by atoms with van der Waals surface area (Å²) in [6, 6.07) is 2.96. The first kappa shape index (κ1) is 16.1. The van der Waals surface area contributed by atoms with E-state index in [0.717, 1.165) is 19.4 Å². The summed E-state index contributed by atoms with van der Waals surface area (Å²) < 4.78 is 5.36. The lowest BCUT2D eigenvalue weighted by Gasteiger charge is -2.38. The van der Waals surface area contributed by atoms with Crippen LogP contribution < -0.4 is 20.7 Å². The molecule has 3 rings (SSSR count). The standard InChI is InChI=1S/C16H20ClN3O3/c1-16(2)4-3-5-18-14(16)15(22)20-10-7-12-11(6-9(10)17)19-13(21)8-23-12/h6-7,14,18H,3-5,8H2,1-2H3,(H,19,21)(H,20,22). The molecule has 6 nitrogen and oxygen atoms in total. The van der Waals surface area contributed by atoms with Gasteiger partial charge in [-0.25, -0.2) is 0 Å². The second-order valence-electron chi connectivity index (χ2n) is 6.63. The van der Waals surface area contributed by atoms with Crippen LogP contribution in [0.5, 0.6) is 5.75 Å². The van der Waals surface area contributed by atoms with Crippen molar-refractivity contribution in [3.8, 4) is 5.75 Å². The maximum absolute atomic E-state index is 12.6. The van der Waals surface area contributed by atoms with E-state index in [2.05, 4.69) is 29.8 Å². The third kappa shape index (κ3) is 3.28. The summed E-state index contributed by atoms with van der Waals surface area (Å²) in [7, 11) is 0. The number of benzene rings is 1. The van der Waals surface area contributed by atoms with Crippen molar-refractivity contribution in [2.24, 2.45) is 5.41 Å². The van der Waals surface area contributed by atoms with Gasteiger partial charge in [0, 0.05) is 6.07 Å². The molecule has 1 unspecified atom stereocenters. The molecular formula is C16H20ClN3O3. The SMILES string of the molecule is CC1(C)CCCNC1C(=O)Nc1cc2c(cc1Cl)NC(=O)CO2. The molecule has 2 heterocycles. The fourth-order valence-electron chi connectivity index (χ4n) is 3.06. The van der Waals surface area contributed by atoms with Gasteiger partial charge in [0.2, 0.25) is 5.91 Å². The van der Waals surface area contributed by atoms with Gasteiger partial charge in [-0.15, -0.1) is 0 Å². The highest BCUT2D eigenvalue weighted by molar-refractivity contribution is 6.34. The molecule has 1 fully saturated rings. The van der Waals surface area contributed by atoms with Crippen molar-refractivity contribution >= 4 is 34.8 Å². The van der Waals surface area contributed by atoms with Crippen molar-refractivity contribution in [2.75, 3.05) is 23.8 Å². The molecule has 2 aliphatic heterocycles. The summed E-state index contributed by atoms with van der Waals surface area (Å²) in [4.78, 5) is 23.9. The van der Waals surface area contributed by atoms with E-state index < -0.39 is 0 Å². The van der Waals surface area contributed by atoms with E-state index in [9.17, 15) is 9.59 Å². The maximum Gasteiger partial charge on any atom is 0.262 e. The second kappa shape index (κ2) is 6.02. The Morgan fingerprint density at radius 2 is 2.22 bits per heavy atom. The van der Waals surface area contributed by atoms with Crippen molar-refractivity contribution < 1.29 is 14.3 Å². The highest BCUT2D eigenvalue weighted by Gasteiger charge is 2.37. The summed E-state index contributed by atoms with van der Waals surface area (Å²) in [6.07, 6.45) is 2.05. The van der Waals surface area contributed by atoms with Crippen LogP contribution in [0.25, 0.3) is 0 Å². The lowest BCUT2D eigenvalue weighted by molar-refractivity contribution is -0.121. The molecule has 1 saturated heterocycles. The highest BCUT2D eigenvalue weighted by atomic mass is 35.5. The van der Waals surface area contributed by atoms with E-state index in [4.69, 9.17) is 16.3 Å². The zero-order valence-corrected chi connectivity index (χ0v) is 13.9. The Bertz CT molecular complexity index is 660. The number of hydrogen-bond donors (Lipinski definition) is 3. The minimum Gasteiger partial charge on any atom is -0.482 e. The topological polar surface area (TPSA) is 79.5 Å². The number of halogens is 1. The van der Waals surface area contributed by atoms with Gasteiger partial charge in [-0.3, -0.25) is 9.59 Å². The van der Waals surface area contributed by atoms with Crippen LogP contribution in [0.2, 0.25) is 5.02 Å². The molecular weight excluding hydrogens is 318 g/mol. The van der Waals surface area contributed by atoms with Crippen molar-refractivity contribution in [1.29, 1.82) is 0 Å². The van der Waals surface area contributed by atoms with Crippen molar-refractivity contribution in [3.05, 3.63) is 17.2 Å². The number of hydrogen-bond acceptors (Lipinski definition) is 4. The van der Waals surface area contributed by atoms with Crippen LogP contribution in [-0.4, -0.2) is 31.0 Å². The summed E-state index contributed by atoms with van der Waals surface area (Å²) in [5, 5.41) is 9.19. The first-order valence-electron chi connectivity index (χ1n) is 7.67. The van der Waals surface area contributed by atoms with Gasteiger partial charge in [0.25, 0.3) is 5.91 Å². The minimum absolute atomic E-state index is 0.0424. The third-order valence-corrected chi connectivity index (χ3v) is 4.66. The monoisotopic (exact) mass is 337 g/mol. The Labute approximate surface area is 139 Å². The number of rotatable bonds is 2. The predicted octanol–water partition coefficient (Wildman–Crippen LogP) is 2.39. The normalized spacial score (nSPS) is 22.6. The largest absolute Gasteiger partial charge is 0.482 e. The Morgan fingerprint density at radius 1 is 1.43 bits per heavy atom. The van der Waals surface area contributed by atoms with Crippen LogP contribution in [0.4, 0.5) is 11.4 Å². The summed E-state index contributed by atoms with van der Waals surface area (Å²) >= 11 is 6.22. The Hall–Kier alpha value is -1.79. The molecule has 0 saturated carbocycles. The molecule has 0 aliphatic carbocycles. The molecule has 2 aliphatic rings. The van der Waals surface area contributed by atoms with Gasteiger partial charge in [0.1, 0.15) is 5.75 Å². The van der Waals surface area contributed by atoms with E-state index in [1.165, 1.54) is 0 Å². The van der Waals surface area contributed by atoms with Gasteiger partial charge in [0.05, 0.1) is 22.4 Å². The smallest absolute Gasteiger partial charge is 0.262 e. The molecule has 124 valence electrons. The number of ether oxygens (including phenoxy) is 1. The zero-order valence-electron chi connectivity index (χ0n) is 13.2. The molecule has 1 atom stereocenters. The van der Waals surface area contributed by atoms with Crippen LogP contribution in [0.15, 0.2) is 12.1 Å². The number of piperidine rings is 1. The number of fused-ring (bicyclic) bond motifs is 1. The maximum atomic E-state index is 12.6. The molecule has 0 radical (unpaired) electrons. The first-order chi connectivity index (χ1) is 10.9. The number of carbonyl (C=O) groups is 2. The quantitative estimate of drug-likeness (QED) is 0.774. The Balaban J connectivity index is 1.80. The fourth-order valence-corrected chi connectivity index (χ4v) is 3.27. The average Bonchev–Trinajstić information content (AvgIpc) is 2.47. The number of carbonyl (C=O) groups excluding carboxylic acids is 2. The first-order valence-corrected chi connectivity index (χ1v) is 8.05. The van der Waals surface area contributed by atoms with E-state index in [1.54, 1.807) is 12.1 Å². The van der Waals surface area contributed by atoms with Crippen LogP contribution in [0.1, 0.15) is 26.7 Å². The van der Waals surface area contributed by atoms with Gasteiger partial charge in [0.15, 0.2) is 6.61 Å². The number of anilines is 2. The third-order valence-electron chi connectivity index (χ3n) is 4.35. The van der Waals surface area contributed by atoms with Crippen LogP contribution in [0, 0.1) is 5.41 Å². The molecule has 2 amide bonds. The molecule has 7 heteroatoms. The van der Waals surface area contributed by atoms with Gasteiger partial charge < -0.3 is 20.7 Å². The van der Waals surface area contributed by atoms with E-state index >= 15 is 0 Å². The summed E-state index contributed by atoms with van der Waals surface area (Å²) in [5.41, 5.74) is 0.878. The fraction of sp³-hybridized carbons (Fsp3) is 0.500. The van der Waals surface area contributed by atoms with Crippen molar-refractivity contribution in [2.45, 2.75) is 32.7 Å². The van der Waals surface area contributed by atoms with Crippen LogP contribution >= 0.6 is 11.6 Å². The van der Waals surface area contributed by atoms with Gasteiger partial charge in [-0.2, -0.15) is 0 Å². The number of nitrogens with one attached hydrogen (secondary N) is 3. The summed E-state index contributed by atoms with van der Waals surface area (Å²) in [5.74, 6) is 0.162. The molecule has 1 aromatic rings. The van der Waals surface area contributed by atoms with Gasteiger partial charge >= 0.3 is 0 Å². The average molecular weight is 338 g/mol. The lowest BCUT2D eigenvalue weighted by Crippen LogP contribution is -2.53. The Morgan fingerprint density at radius 3 is 2.96 bits per heavy atom. The van der Waals surface area contributed by atoms with Crippen molar-refractivity contribution in [3.63, 3.8) is 0 Å². The molecule has 0 spiro atoms. The summed E-state index contributed by atoms with van der Waals surface area (Å²) in [6.45, 7) is 4.95. The zero-order chi connectivity index (χ0) is 16.6. The van der Waals surface area contributed by atoms with Gasteiger partial charge in [-0.1, -0.05) is 25.4 Å². The molecule has 23 heavy (non-hydrogen) atoms. The van der Waals surface area contributed by atoms with Crippen molar-refractivity contribution in [1.82, 2.24) is 5.32 Å². The van der Waals surface area contributed by atoms with Crippen LogP contribution in [-0.2, 0) is 9.59 Å². The van der Waals surface area contributed by atoms with Crippen LogP contribution in [0.3, 0.4) is 0 Å². The minimum atomic E-state index is -0.274. The van der Waals surface area contributed by atoms with Gasteiger partial charge in [-0.05, 0) is 30.9 Å². The number of amides is 2. The van der Waals surface area contributed by atoms with E-state index in [0.29, 0.717) is 22.1 Å². The molecule has 0 bridgehead atoms. The Kier molecular flexibility index (Phi) is 4.21.